The van der Waals surface area contributed by atoms with E-state index in [0.29, 0.717) is 11.3 Å². The van der Waals surface area contributed by atoms with Gasteiger partial charge in [-0.1, -0.05) is 12.1 Å². The van der Waals surface area contributed by atoms with Crippen LogP contribution in [-0.4, -0.2) is 48.4 Å². The van der Waals surface area contributed by atoms with Crippen molar-refractivity contribution in [3.8, 4) is 5.75 Å². The van der Waals surface area contributed by atoms with Crippen molar-refractivity contribution in [2.75, 3.05) is 20.8 Å². The van der Waals surface area contributed by atoms with E-state index in [0.717, 1.165) is 4.90 Å². The van der Waals surface area contributed by atoms with E-state index in [9.17, 15) is 19.5 Å². The number of esters is 1. The van der Waals surface area contributed by atoms with Gasteiger partial charge in [0, 0.05) is 0 Å². The predicted octanol–water partition coefficient (Wildman–Crippen LogP) is 1.15. The number of aliphatic hydroxyl groups is 1. The van der Waals surface area contributed by atoms with Crippen LogP contribution in [-0.2, 0) is 19.1 Å². The molecule has 0 bridgehead atoms. The van der Waals surface area contributed by atoms with Crippen LogP contribution in [0.4, 0.5) is 0 Å². The normalized spacial score (nSPS) is 17.4. The predicted molar refractivity (Wildman–Crippen MR) is 79.8 cm³/mol. The van der Waals surface area contributed by atoms with E-state index in [4.69, 9.17) is 4.74 Å². The lowest BCUT2D eigenvalue weighted by atomic mass is 9.96. The van der Waals surface area contributed by atoms with Gasteiger partial charge in [-0.05, 0) is 24.6 Å². The average Bonchev–Trinajstić information content (AvgIpc) is 2.79. The summed E-state index contributed by atoms with van der Waals surface area (Å²) in [4.78, 5) is 36.7. The fourth-order valence-corrected chi connectivity index (χ4v) is 2.51. The number of Topliss-reactive ketones (excluding diaryl/α,β-unsaturated/α-hetero) is 1. The Morgan fingerprint density at radius 2 is 1.83 bits per heavy atom. The van der Waals surface area contributed by atoms with Gasteiger partial charge in [-0.2, -0.15) is 0 Å². The third kappa shape index (κ3) is 3.03. The molecule has 0 radical (unpaired) electrons. The van der Waals surface area contributed by atoms with Gasteiger partial charge in [0.05, 0.1) is 25.8 Å². The molecule has 0 fully saturated rings. The Kier molecular flexibility index (Phi) is 4.68. The van der Waals surface area contributed by atoms with Crippen LogP contribution in [0.15, 0.2) is 35.6 Å². The molecule has 1 unspecified atom stereocenters. The third-order valence-corrected chi connectivity index (χ3v) is 3.64. The van der Waals surface area contributed by atoms with Crippen molar-refractivity contribution >= 4 is 17.7 Å². The topological polar surface area (TPSA) is 93.1 Å². The van der Waals surface area contributed by atoms with Crippen LogP contribution >= 0.6 is 0 Å². The summed E-state index contributed by atoms with van der Waals surface area (Å²) in [6.07, 6.45) is 0. The first-order valence-corrected chi connectivity index (χ1v) is 6.86. The van der Waals surface area contributed by atoms with E-state index in [1.165, 1.54) is 21.1 Å². The molecule has 2 rings (SSSR count). The van der Waals surface area contributed by atoms with Gasteiger partial charge >= 0.3 is 5.97 Å². The molecule has 1 aromatic carbocycles. The number of amides is 1. The monoisotopic (exact) mass is 319 g/mol. The summed E-state index contributed by atoms with van der Waals surface area (Å²) < 4.78 is 9.65. The zero-order valence-electron chi connectivity index (χ0n) is 13.0. The largest absolute Gasteiger partial charge is 0.503 e. The first kappa shape index (κ1) is 16.5. The van der Waals surface area contributed by atoms with Crippen molar-refractivity contribution in [2.24, 2.45) is 0 Å². The number of carbonyl (C=O) groups is 3. The summed E-state index contributed by atoms with van der Waals surface area (Å²) in [6, 6.07) is 5.84. The number of ketones is 1. The molecule has 0 spiro atoms. The molecule has 122 valence electrons. The molecule has 7 heteroatoms. The van der Waals surface area contributed by atoms with Crippen LogP contribution in [0.5, 0.6) is 5.75 Å². The van der Waals surface area contributed by atoms with Gasteiger partial charge in [-0.25, -0.2) is 0 Å². The van der Waals surface area contributed by atoms with Gasteiger partial charge in [0.25, 0.3) is 5.91 Å². The number of ether oxygens (including phenoxy) is 2. The zero-order valence-corrected chi connectivity index (χ0v) is 13.0. The number of rotatable bonds is 5. The Hall–Kier alpha value is -2.83. The Balaban J connectivity index is 2.48. The molecule has 1 aliphatic heterocycles. The molecule has 23 heavy (non-hydrogen) atoms. The molecule has 1 aromatic rings. The van der Waals surface area contributed by atoms with Crippen molar-refractivity contribution in [3.05, 3.63) is 41.2 Å². The Morgan fingerprint density at radius 1 is 1.22 bits per heavy atom. The highest BCUT2D eigenvalue weighted by atomic mass is 16.5. The molecule has 0 aromatic heterocycles. The minimum atomic E-state index is -0.843. The SMILES string of the molecule is COC(=O)CN1C(=O)C(O)=C(C(C)=O)C1c1ccc(OC)cc1. The highest BCUT2D eigenvalue weighted by Gasteiger charge is 2.43. The molecule has 1 aliphatic rings. The molecule has 1 heterocycles. The fraction of sp³-hybridized carbons (Fsp3) is 0.312. The summed E-state index contributed by atoms with van der Waals surface area (Å²) in [6.45, 7) is 0.893. The van der Waals surface area contributed by atoms with Crippen LogP contribution in [0.3, 0.4) is 0 Å². The molecular weight excluding hydrogens is 302 g/mol. The van der Waals surface area contributed by atoms with E-state index in [-0.39, 0.29) is 12.1 Å². The maximum atomic E-state index is 12.2. The van der Waals surface area contributed by atoms with E-state index in [1.54, 1.807) is 24.3 Å². The lowest BCUT2D eigenvalue weighted by Crippen LogP contribution is -2.36. The quantitative estimate of drug-likeness (QED) is 0.818. The molecule has 0 saturated carbocycles. The minimum Gasteiger partial charge on any atom is -0.503 e. The van der Waals surface area contributed by atoms with Crippen molar-refractivity contribution < 1.29 is 29.0 Å². The van der Waals surface area contributed by atoms with Crippen molar-refractivity contribution in [1.29, 1.82) is 0 Å². The number of benzene rings is 1. The van der Waals surface area contributed by atoms with Crippen molar-refractivity contribution in [3.63, 3.8) is 0 Å². The van der Waals surface area contributed by atoms with Gasteiger partial charge in [0.2, 0.25) is 0 Å². The van der Waals surface area contributed by atoms with E-state index in [2.05, 4.69) is 4.74 Å². The van der Waals surface area contributed by atoms with Gasteiger partial charge in [0.1, 0.15) is 12.3 Å². The number of methoxy groups -OCH3 is 2. The first-order chi connectivity index (χ1) is 10.9. The standard InChI is InChI=1S/C16H17NO6/c1-9(18)13-14(10-4-6-11(22-2)7-5-10)17(8-12(19)23-3)16(21)15(13)20/h4-7,14,20H,8H2,1-3H3. The summed E-state index contributed by atoms with van der Waals surface area (Å²) in [5.41, 5.74) is 0.543. The highest BCUT2D eigenvalue weighted by Crippen LogP contribution is 2.37. The van der Waals surface area contributed by atoms with Crippen LogP contribution < -0.4 is 4.74 Å². The number of hydrogen-bond donors (Lipinski definition) is 1. The second-order valence-electron chi connectivity index (χ2n) is 5.00. The molecule has 0 saturated heterocycles. The highest BCUT2D eigenvalue weighted by molar-refractivity contribution is 6.08. The van der Waals surface area contributed by atoms with Crippen LogP contribution in [0, 0.1) is 0 Å². The molecule has 1 N–H and O–H groups in total. The van der Waals surface area contributed by atoms with E-state index in [1.807, 2.05) is 0 Å². The van der Waals surface area contributed by atoms with E-state index >= 15 is 0 Å². The Labute approximate surface area is 133 Å². The lowest BCUT2D eigenvalue weighted by molar-refractivity contribution is -0.146. The Bertz CT molecular complexity index is 676. The molecule has 1 amide bonds. The van der Waals surface area contributed by atoms with Crippen LogP contribution in [0.2, 0.25) is 0 Å². The van der Waals surface area contributed by atoms with Gasteiger partial charge < -0.3 is 19.5 Å². The fourth-order valence-electron chi connectivity index (χ4n) is 2.51. The summed E-state index contributed by atoms with van der Waals surface area (Å²) in [5, 5.41) is 10.0. The zero-order chi connectivity index (χ0) is 17.1. The second kappa shape index (κ2) is 6.51. The van der Waals surface area contributed by atoms with Crippen molar-refractivity contribution in [1.82, 2.24) is 4.90 Å². The van der Waals surface area contributed by atoms with Crippen LogP contribution in [0.25, 0.3) is 0 Å². The van der Waals surface area contributed by atoms with Crippen LogP contribution in [0.1, 0.15) is 18.5 Å². The number of hydrogen-bond acceptors (Lipinski definition) is 6. The molecule has 0 aliphatic carbocycles. The van der Waals surface area contributed by atoms with Gasteiger partial charge in [-0.3, -0.25) is 14.4 Å². The van der Waals surface area contributed by atoms with Gasteiger partial charge in [-0.15, -0.1) is 0 Å². The summed E-state index contributed by atoms with van der Waals surface area (Å²) in [5.74, 6) is -1.89. The minimum absolute atomic E-state index is 0.0379. The first-order valence-electron chi connectivity index (χ1n) is 6.86. The number of aliphatic hydroxyl groups excluding tert-OH is 1. The average molecular weight is 319 g/mol. The Morgan fingerprint density at radius 3 is 2.30 bits per heavy atom. The second-order valence-corrected chi connectivity index (χ2v) is 5.00. The molecule has 1 atom stereocenters. The van der Waals surface area contributed by atoms with Crippen molar-refractivity contribution in [2.45, 2.75) is 13.0 Å². The maximum absolute atomic E-state index is 12.2. The van der Waals surface area contributed by atoms with Gasteiger partial charge in [0.15, 0.2) is 11.5 Å². The molecular formula is C16H17NO6. The molecule has 7 nitrogen and oxygen atoms in total. The lowest BCUT2D eigenvalue weighted by Gasteiger charge is -2.25. The third-order valence-electron chi connectivity index (χ3n) is 3.64. The summed E-state index contributed by atoms with van der Waals surface area (Å²) >= 11 is 0. The number of carbonyl (C=O) groups excluding carboxylic acids is 3. The summed E-state index contributed by atoms with van der Waals surface area (Å²) in [7, 11) is 2.72. The van der Waals surface area contributed by atoms with E-state index < -0.39 is 29.5 Å². The maximum Gasteiger partial charge on any atom is 0.325 e. The smallest absolute Gasteiger partial charge is 0.325 e. The number of nitrogens with zero attached hydrogens (tertiary/aromatic N) is 1.